The summed E-state index contributed by atoms with van der Waals surface area (Å²) in [5, 5.41) is 4.21. The molecule has 1 saturated carbocycles. The minimum Gasteiger partial charge on any atom is -0.314 e. The van der Waals surface area contributed by atoms with Crippen LogP contribution < -0.4 is 5.32 Å². The van der Waals surface area contributed by atoms with Crippen LogP contribution in [0.3, 0.4) is 0 Å². The molecule has 1 fully saturated rings. The lowest BCUT2D eigenvalue weighted by Gasteiger charge is -2.52. The van der Waals surface area contributed by atoms with Crippen LogP contribution in [0.4, 0.5) is 0 Å². The highest BCUT2D eigenvalue weighted by Gasteiger charge is 2.50. The van der Waals surface area contributed by atoms with Gasteiger partial charge in [0.1, 0.15) is 5.65 Å². The summed E-state index contributed by atoms with van der Waals surface area (Å²) in [6, 6.07) is 6.59. The number of rotatable bonds is 3. The molecular weight excluding hydrogens is 258 g/mol. The van der Waals surface area contributed by atoms with E-state index in [0.717, 1.165) is 24.3 Å². The summed E-state index contributed by atoms with van der Waals surface area (Å²) >= 11 is 6.37. The number of imidazole rings is 1. The average Bonchev–Trinajstić information content (AvgIpc) is 2.70. The fourth-order valence-electron chi connectivity index (χ4n) is 3.28. The molecule has 0 amide bonds. The molecule has 0 radical (unpaired) electrons. The number of nitrogens with one attached hydrogen (secondary N) is 1. The molecule has 0 aliphatic heterocycles. The number of hydrogen-bond acceptors (Lipinski definition) is 2. The van der Waals surface area contributed by atoms with Crippen molar-refractivity contribution in [3.05, 3.63) is 35.2 Å². The third-order valence-electron chi connectivity index (χ3n) is 4.57. The Hall–Kier alpha value is -1.06. The predicted molar refractivity (Wildman–Crippen MR) is 78.8 cm³/mol. The summed E-state index contributed by atoms with van der Waals surface area (Å²) in [7, 11) is 0. The zero-order valence-electron chi connectivity index (χ0n) is 11.7. The van der Waals surface area contributed by atoms with E-state index in [1.165, 1.54) is 0 Å². The SMILES string of the molecule is CCNC1CC(c2c(Cl)nc3ccccn23)C1(C)C. The Kier molecular flexibility index (Phi) is 3.06. The maximum atomic E-state index is 6.37. The molecule has 2 unspecified atom stereocenters. The van der Waals surface area contributed by atoms with Crippen molar-refractivity contribution in [1.82, 2.24) is 14.7 Å². The van der Waals surface area contributed by atoms with Crippen molar-refractivity contribution in [3.8, 4) is 0 Å². The molecule has 4 heteroatoms. The van der Waals surface area contributed by atoms with Gasteiger partial charge >= 0.3 is 0 Å². The second-order valence-corrected chi connectivity index (χ2v) is 6.29. The van der Waals surface area contributed by atoms with Gasteiger partial charge in [0.15, 0.2) is 5.15 Å². The molecule has 2 aromatic heterocycles. The Labute approximate surface area is 119 Å². The number of pyridine rings is 1. The third-order valence-corrected chi connectivity index (χ3v) is 4.85. The van der Waals surface area contributed by atoms with Gasteiger partial charge in [-0.05, 0) is 30.5 Å². The van der Waals surface area contributed by atoms with Gasteiger partial charge in [0.25, 0.3) is 0 Å². The van der Waals surface area contributed by atoms with Crippen molar-refractivity contribution in [2.24, 2.45) is 5.41 Å². The topological polar surface area (TPSA) is 29.3 Å². The van der Waals surface area contributed by atoms with Crippen LogP contribution in [0.5, 0.6) is 0 Å². The van der Waals surface area contributed by atoms with Crippen LogP contribution in [0.25, 0.3) is 5.65 Å². The van der Waals surface area contributed by atoms with E-state index < -0.39 is 0 Å². The largest absolute Gasteiger partial charge is 0.314 e. The van der Waals surface area contributed by atoms with Gasteiger partial charge in [-0.3, -0.25) is 0 Å². The Balaban J connectivity index is 2.00. The molecule has 2 heterocycles. The highest BCUT2D eigenvalue weighted by atomic mass is 35.5. The maximum Gasteiger partial charge on any atom is 0.151 e. The van der Waals surface area contributed by atoms with Crippen LogP contribution >= 0.6 is 11.6 Å². The minimum atomic E-state index is 0.214. The lowest BCUT2D eigenvalue weighted by atomic mass is 9.57. The zero-order chi connectivity index (χ0) is 13.6. The first kappa shape index (κ1) is 12.9. The van der Waals surface area contributed by atoms with Crippen LogP contribution in [-0.2, 0) is 0 Å². The highest BCUT2D eigenvalue weighted by molar-refractivity contribution is 6.30. The molecule has 1 aliphatic carbocycles. The van der Waals surface area contributed by atoms with E-state index in [1.54, 1.807) is 0 Å². The average molecular weight is 278 g/mol. The van der Waals surface area contributed by atoms with Crippen molar-refractivity contribution in [2.45, 2.75) is 39.2 Å². The van der Waals surface area contributed by atoms with Crippen molar-refractivity contribution < 1.29 is 0 Å². The second-order valence-electron chi connectivity index (χ2n) is 5.94. The van der Waals surface area contributed by atoms with E-state index in [1.807, 2.05) is 18.2 Å². The van der Waals surface area contributed by atoms with E-state index in [0.29, 0.717) is 17.1 Å². The first-order chi connectivity index (χ1) is 9.05. The predicted octanol–water partition coefficient (Wildman–Crippen LogP) is 3.48. The summed E-state index contributed by atoms with van der Waals surface area (Å²) in [6.45, 7) is 7.80. The molecule has 2 atom stereocenters. The van der Waals surface area contributed by atoms with Gasteiger partial charge in [0.05, 0.1) is 5.69 Å². The summed E-state index contributed by atoms with van der Waals surface area (Å²) in [4.78, 5) is 4.46. The standard InChI is InChI=1S/C15H20ClN3/c1-4-17-11-9-10(15(11,2)3)13-14(16)18-12-7-5-6-8-19(12)13/h5-8,10-11,17H,4,9H2,1-3H3. The fourth-order valence-corrected chi connectivity index (χ4v) is 3.59. The Morgan fingerprint density at radius 1 is 1.47 bits per heavy atom. The van der Waals surface area contributed by atoms with E-state index in [2.05, 4.69) is 41.7 Å². The molecule has 3 nitrogen and oxygen atoms in total. The number of halogens is 1. The van der Waals surface area contributed by atoms with Crippen LogP contribution in [0, 0.1) is 5.41 Å². The first-order valence-corrected chi connectivity index (χ1v) is 7.29. The molecule has 2 aromatic rings. The molecule has 19 heavy (non-hydrogen) atoms. The van der Waals surface area contributed by atoms with Crippen LogP contribution in [-0.4, -0.2) is 22.0 Å². The number of hydrogen-bond donors (Lipinski definition) is 1. The normalized spacial score (nSPS) is 25.5. The Bertz CT molecular complexity index is 602. The molecule has 0 bridgehead atoms. The molecule has 102 valence electrons. The molecule has 3 rings (SSSR count). The lowest BCUT2D eigenvalue weighted by molar-refractivity contribution is 0.0676. The van der Waals surface area contributed by atoms with Crippen LogP contribution in [0.2, 0.25) is 5.15 Å². The van der Waals surface area contributed by atoms with Crippen molar-refractivity contribution in [1.29, 1.82) is 0 Å². The monoisotopic (exact) mass is 277 g/mol. The highest BCUT2D eigenvalue weighted by Crippen LogP contribution is 2.53. The van der Waals surface area contributed by atoms with Crippen molar-refractivity contribution in [3.63, 3.8) is 0 Å². The molecule has 0 spiro atoms. The summed E-state index contributed by atoms with van der Waals surface area (Å²) < 4.78 is 2.14. The third kappa shape index (κ3) is 1.87. The van der Waals surface area contributed by atoms with Gasteiger partial charge in [-0.2, -0.15) is 0 Å². The summed E-state index contributed by atoms with van der Waals surface area (Å²) in [6.07, 6.45) is 3.18. The van der Waals surface area contributed by atoms with Gasteiger partial charge < -0.3 is 9.72 Å². The zero-order valence-corrected chi connectivity index (χ0v) is 12.4. The van der Waals surface area contributed by atoms with E-state index in [-0.39, 0.29) is 5.41 Å². The van der Waals surface area contributed by atoms with Crippen molar-refractivity contribution >= 4 is 17.2 Å². The van der Waals surface area contributed by atoms with Crippen LogP contribution in [0.15, 0.2) is 24.4 Å². The Morgan fingerprint density at radius 2 is 2.26 bits per heavy atom. The van der Waals surface area contributed by atoms with Gasteiger partial charge in [-0.15, -0.1) is 0 Å². The second kappa shape index (κ2) is 4.50. The van der Waals surface area contributed by atoms with Gasteiger partial charge in [0, 0.05) is 18.2 Å². The Morgan fingerprint density at radius 3 is 2.95 bits per heavy atom. The van der Waals surface area contributed by atoms with Gasteiger partial charge in [-0.1, -0.05) is 38.4 Å². The van der Waals surface area contributed by atoms with E-state index >= 15 is 0 Å². The minimum absolute atomic E-state index is 0.214. The number of fused-ring (bicyclic) bond motifs is 1. The smallest absolute Gasteiger partial charge is 0.151 e. The molecule has 0 aromatic carbocycles. The summed E-state index contributed by atoms with van der Waals surface area (Å²) in [5.74, 6) is 0.460. The molecular formula is C15H20ClN3. The fraction of sp³-hybridized carbons (Fsp3) is 0.533. The quantitative estimate of drug-likeness (QED) is 0.931. The number of aromatic nitrogens is 2. The molecule has 1 N–H and O–H groups in total. The van der Waals surface area contributed by atoms with Gasteiger partial charge in [0.2, 0.25) is 0 Å². The molecule has 0 saturated heterocycles. The first-order valence-electron chi connectivity index (χ1n) is 6.91. The van der Waals surface area contributed by atoms with E-state index in [4.69, 9.17) is 11.6 Å². The maximum absolute atomic E-state index is 6.37. The lowest BCUT2D eigenvalue weighted by Crippen LogP contribution is -2.55. The number of nitrogens with zero attached hydrogens (tertiary/aromatic N) is 2. The molecule has 1 aliphatic rings. The summed E-state index contributed by atoms with van der Waals surface area (Å²) in [5.41, 5.74) is 2.31. The van der Waals surface area contributed by atoms with E-state index in [9.17, 15) is 0 Å². The van der Waals surface area contributed by atoms with Crippen molar-refractivity contribution in [2.75, 3.05) is 6.54 Å². The van der Waals surface area contributed by atoms with Crippen LogP contribution in [0.1, 0.15) is 38.8 Å². The van der Waals surface area contributed by atoms with Gasteiger partial charge in [-0.25, -0.2) is 4.98 Å².